The Morgan fingerprint density at radius 3 is 2.38 bits per heavy atom. The van der Waals surface area contributed by atoms with Crippen LogP contribution >= 0.6 is 11.3 Å². The molecule has 2 aromatic heterocycles. The molecule has 0 amide bonds. The number of aryl methyl sites for hydroxylation is 2. The maximum Gasteiger partial charge on any atom is 0.490 e. The van der Waals surface area contributed by atoms with Crippen molar-refractivity contribution in [3.05, 3.63) is 10.4 Å². The predicted molar refractivity (Wildman–Crippen MR) is 106 cm³/mol. The minimum absolute atomic E-state index is 0.423. The van der Waals surface area contributed by atoms with Gasteiger partial charge in [-0.3, -0.25) is 0 Å². The molecule has 0 saturated carbocycles. The Balaban J connectivity index is 0.000000298. The van der Waals surface area contributed by atoms with Gasteiger partial charge in [-0.05, 0) is 37.8 Å². The normalized spacial score (nSPS) is 17.6. The molecule has 11 heteroatoms. The fraction of sp³-hybridized carbons (Fsp3) is 0.611. The number of thiophene rings is 1. The number of aromatic nitrogens is 2. The van der Waals surface area contributed by atoms with Crippen LogP contribution in [0.4, 0.5) is 24.9 Å². The number of nitrogens with zero attached hydrogens (tertiary/aromatic N) is 4. The molecule has 0 radical (unpaired) electrons. The number of fused-ring (bicyclic) bond motifs is 3. The molecule has 0 spiro atoms. The summed E-state index contributed by atoms with van der Waals surface area (Å²) in [5.41, 5.74) is 8.59. The Hall–Kier alpha value is -2.14. The highest BCUT2D eigenvalue weighted by Gasteiger charge is 2.38. The molecule has 0 aromatic carbocycles. The van der Waals surface area contributed by atoms with Gasteiger partial charge in [-0.15, -0.1) is 11.3 Å². The van der Waals surface area contributed by atoms with Gasteiger partial charge in [0.1, 0.15) is 0 Å². The van der Waals surface area contributed by atoms with Crippen molar-refractivity contribution in [3.63, 3.8) is 0 Å². The Labute approximate surface area is 170 Å². The Morgan fingerprint density at radius 2 is 1.79 bits per heavy atom. The van der Waals surface area contributed by atoms with Crippen molar-refractivity contribution >= 4 is 39.3 Å². The molecule has 29 heavy (non-hydrogen) atoms. The van der Waals surface area contributed by atoms with Crippen LogP contribution in [0.1, 0.15) is 30.2 Å². The van der Waals surface area contributed by atoms with Crippen molar-refractivity contribution in [1.29, 1.82) is 0 Å². The molecule has 0 unspecified atom stereocenters. The van der Waals surface area contributed by atoms with Crippen LogP contribution in [0.3, 0.4) is 0 Å². The Morgan fingerprint density at radius 1 is 1.17 bits per heavy atom. The summed E-state index contributed by atoms with van der Waals surface area (Å²) in [6.07, 6.45) is -0.172. The number of halogens is 3. The van der Waals surface area contributed by atoms with Gasteiger partial charge >= 0.3 is 12.1 Å². The monoisotopic (exact) mass is 431 g/mol. The van der Waals surface area contributed by atoms with E-state index in [1.54, 1.807) is 0 Å². The van der Waals surface area contributed by atoms with Gasteiger partial charge in [0.15, 0.2) is 5.82 Å². The molecule has 1 aliphatic carbocycles. The molecular weight excluding hydrogens is 407 g/mol. The lowest BCUT2D eigenvalue weighted by molar-refractivity contribution is -0.192. The van der Waals surface area contributed by atoms with Gasteiger partial charge in [-0.1, -0.05) is 6.92 Å². The standard InChI is InChI=1S/C16H23N5S.C2HF3O2/c1-2-20-7-9-21(10-8-20)15-14-13(18-16(17)19-15)11-5-3-4-6-12(11)22-14;3-2(4,5)1(6)7/h2-10H2,1H3,(H2,17,18,19);(H,6,7). The number of hydrogen-bond acceptors (Lipinski definition) is 7. The van der Waals surface area contributed by atoms with Crippen molar-refractivity contribution < 1.29 is 23.1 Å². The smallest absolute Gasteiger partial charge is 0.475 e. The molecule has 4 rings (SSSR count). The largest absolute Gasteiger partial charge is 0.490 e. The molecule has 3 N–H and O–H groups in total. The van der Waals surface area contributed by atoms with E-state index in [0.717, 1.165) is 50.5 Å². The van der Waals surface area contributed by atoms with Gasteiger partial charge in [0, 0.05) is 31.1 Å². The second kappa shape index (κ2) is 8.70. The first-order valence-electron chi connectivity index (χ1n) is 9.55. The van der Waals surface area contributed by atoms with E-state index >= 15 is 0 Å². The first-order chi connectivity index (χ1) is 13.7. The molecule has 0 bridgehead atoms. The molecule has 2 aromatic rings. The van der Waals surface area contributed by atoms with E-state index in [-0.39, 0.29) is 0 Å². The predicted octanol–water partition coefficient (Wildman–Crippen LogP) is 2.93. The van der Waals surface area contributed by atoms with Gasteiger partial charge in [-0.2, -0.15) is 18.2 Å². The summed E-state index contributed by atoms with van der Waals surface area (Å²) < 4.78 is 33.0. The highest BCUT2D eigenvalue weighted by Crippen LogP contribution is 2.39. The summed E-state index contributed by atoms with van der Waals surface area (Å²) in [6.45, 7) is 7.62. The number of likely N-dealkylation sites (N-methyl/N-ethyl adjacent to an activating group) is 1. The zero-order valence-corrected chi connectivity index (χ0v) is 16.9. The number of nitrogens with two attached hydrogens (primary N) is 1. The second-order valence-corrected chi connectivity index (χ2v) is 8.12. The zero-order valence-electron chi connectivity index (χ0n) is 16.1. The fourth-order valence-corrected chi connectivity index (χ4v) is 4.95. The summed E-state index contributed by atoms with van der Waals surface area (Å²) in [7, 11) is 0. The Kier molecular flexibility index (Phi) is 6.47. The number of carboxylic acids is 1. The number of alkyl halides is 3. The van der Waals surface area contributed by atoms with Crippen LogP contribution in [-0.2, 0) is 17.6 Å². The van der Waals surface area contributed by atoms with E-state index in [2.05, 4.69) is 26.7 Å². The van der Waals surface area contributed by atoms with Crippen LogP contribution in [-0.4, -0.2) is 64.8 Å². The fourth-order valence-electron chi connectivity index (χ4n) is 3.61. The third kappa shape index (κ3) is 4.89. The lowest BCUT2D eigenvalue weighted by Crippen LogP contribution is -2.46. The highest BCUT2D eigenvalue weighted by molar-refractivity contribution is 7.19. The summed E-state index contributed by atoms with van der Waals surface area (Å²) in [5.74, 6) is -1.27. The maximum absolute atomic E-state index is 10.6. The number of rotatable bonds is 2. The lowest BCUT2D eigenvalue weighted by atomic mass is 9.98. The van der Waals surface area contributed by atoms with Crippen molar-refractivity contribution in [2.45, 2.75) is 38.8 Å². The number of anilines is 2. The van der Waals surface area contributed by atoms with E-state index in [0.29, 0.717) is 5.95 Å². The summed E-state index contributed by atoms with van der Waals surface area (Å²) in [6, 6.07) is 0. The van der Waals surface area contributed by atoms with Crippen LogP contribution < -0.4 is 10.6 Å². The van der Waals surface area contributed by atoms with Crippen molar-refractivity contribution in [2.24, 2.45) is 0 Å². The minimum Gasteiger partial charge on any atom is -0.475 e. The topological polar surface area (TPSA) is 95.6 Å². The molecule has 1 fully saturated rings. The quantitative estimate of drug-likeness (QED) is 0.755. The highest BCUT2D eigenvalue weighted by atomic mass is 32.1. The second-order valence-electron chi connectivity index (χ2n) is 7.02. The third-order valence-corrected chi connectivity index (χ3v) is 6.43. The molecule has 3 heterocycles. The number of piperazine rings is 1. The number of carbonyl (C=O) groups is 1. The van der Waals surface area contributed by atoms with Crippen molar-refractivity contribution in [3.8, 4) is 0 Å². The van der Waals surface area contributed by atoms with E-state index in [1.807, 2.05) is 11.3 Å². The first kappa shape index (κ1) is 21.6. The van der Waals surface area contributed by atoms with Crippen LogP contribution in [0.5, 0.6) is 0 Å². The average Bonchev–Trinajstić information content (AvgIpc) is 3.06. The Bertz CT molecular complexity index is 878. The molecule has 1 saturated heterocycles. The van der Waals surface area contributed by atoms with E-state index < -0.39 is 12.1 Å². The van der Waals surface area contributed by atoms with Gasteiger partial charge in [-0.25, -0.2) is 9.78 Å². The summed E-state index contributed by atoms with van der Waals surface area (Å²) in [5, 5.41) is 7.12. The molecular formula is C18H24F3N5O2S. The number of nitrogen functional groups attached to an aromatic ring is 1. The van der Waals surface area contributed by atoms with E-state index in [4.69, 9.17) is 15.6 Å². The van der Waals surface area contributed by atoms with Crippen LogP contribution in [0.25, 0.3) is 10.2 Å². The van der Waals surface area contributed by atoms with E-state index in [9.17, 15) is 13.2 Å². The van der Waals surface area contributed by atoms with Gasteiger partial charge in [0.2, 0.25) is 5.95 Å². The maximum atomic E-state index is 10.6. The summed E-state index contributed by atoms with van der Waals surface area (Å²) in [4.78, 5) is 24.5. The molecule has 160 valence electrons. The van der Waals surface area contributed by atoms with Crippen LogP contribution in [0, 0.1) is 0 Å². The summed E-state index contributed by atoms with van der Waals surface area (Å²) >= 11 is 1.90. The lowest BCUT2D eigenvalue weighted by Gasteiger charge is -2.34. The molecule has 7 nitrogen and oxygen atoms in total. The third-order valence-electron chi connectivity index (χ3n) is 5.15. The van der Waals surface area contributed by atoms with Crippen molar-refractivity contribution in [1.82, 2.24) is 14.9 Å². The van der Waals surface area contributed by atoms with E-state index in [1.165, 1.54) is 34.4 Å². The van der Waals surface area contributed by atoms with Gasteiger partial charge in [0.05, 0.1) is 10.2 Å². The van der Waals surface area contributed by atoms with Crippen LogP contribution in [0.2, 0.25) is 0 Å². The first-order valence-corrected chi connectivity index (χ1v) is 10.4. The van der Waals surface area contributed by atoms with Gasteiger partial charge < -0.3 is 20.6 Å². The average molecular weight is 431 g/mol. The molecule has 2 aliphatic rings. The number of carboxylic acid groups (broad SMARTS) is 1. The molecule has 0 atom stereocenters. The van der Waals surface area contributed by atoms with Crippen molar-refractivity contribution in [2.75, 3.05) is 43.4 Å². The van der Waals surface area contributed by atoms with Gasteiger partial charge in [0.25, 0.3) is 0 Å². The SMILES string of the molecule is CCN1CCN(c2nc(N)nc3c4c(sc23)CCCC4)CC1.O=C(O)C(F)(F)F. The number of hydrogen-bond donors (Lipinski definition) is 2. The molecule has 1 aliphatic heterocycles. The minimum atomic E-state index is -5.08. The number of aliphatic carboxylic acids is 1. The van der Waals surface area contributed by atoms with Crippen LogP contribution in [0.15, 0.2) is 0 Å². The zero-order chi connectivity index (χ0) is 21.2.